The summed E-state index contributed by atoms with van der Waals surface area (Å²) in [6, 6.07) is 11.3. The molecule has 1 N–H and O–H groups in total. The van der Waals surface area contributed by atoms with Crippen LogP contribution in [-0.2, 0) is 27.4 Å². The number of nitrogens with zero attached hydrogens (tertiary/aromatic N) is 1. The zero-order valence-corrected chi connectivity index (χ0v) is 20.8. The summed E-state index contributed by atoms with van der Waals surface area (Å²) in [4.78, 5) is 24.2. The number of hydrogen-bond donors (Lipinski definition) is 1. The number of rotatable bonds is 6. The average Bonchev–Trinajstić information content (AvgIpc) is 2.87. The molecule has 0 aliphatic carbocycles. The number of amides is 1. The van der Waals surface area contributed by atoms with Crippen LogP contribution in [0.5, 0.6) is 0 Å². The van der Waals surface area contributed by atoms with Gasteiger partial charge in [0.05, 0.1) is 28.3 Å². The Labute approximate surface area is 216 Å². The van der Waals surface area contributed by atoms with Crippen LogP contribution in [0, 0.1) is 5.82 Å². The van der Waals surface area contributed by atoms with Gasteiger partial charge in [-0.1, -0.05) is 12.1 Å². The molecule has 0 saturated heterocycles. The second-order valence-electron chi connectivity index (χ2n) is 8.42. The number of alkyl halides is 3. The number of benzene rings is 3. The van der Waals surface area contributed by atoms with Crippen LogP contribution in [0.4, 0.5) is 28.9 Å². The van der Waals surface area contributed by atoms with Gasteiger partial charge < -0.3 is 10.1 Å². The lowest BCUT2D eigenvalue weighted by molar-refractivity contribution is -0.137. The first-order chi connectivity index (χ1) is 17.9. The molecule has 0 atom stereocenters. The fourth-order valence-electron chi connectivity index (χ4n) is 4.06. The van der Waals surface area contributed by atoms with Gasteiger partial charge in [-0.05, 0) is 73.9 Å². The topological polar surface area (TPSA) is 92.8 Å². The molecular formula is C26H22F4N2O5S. The third kappa shape index (κ3) is 5.49. The maximum Gasteiger partial charge on any atom is 0.416 e. The molecule has 1 aliphatic heterocycles. The van der Waals surface area contributed by atoms with E-state index in [1.807, 2.05) is 0 Å². The lowest BCUT2D eigenvalue weighted by atomic mass is 10.0. The molecule has 0 fully saturated rings. The molecule has 1 amide bonds. The molecular weight excluding hydrogens is 528 g/mol. The van der Waals surface area contributed by atoms with Crippen LogP contribution in [0.25, 0.3) is 0 Å². The van der Waals surface area contributed by atoms with Crippen LogP contribution in [0.15, 0.2) is 65.6 Å². The van der Waals surface area contributed by atoms with Crippen LogP contribution in [0.2, 0.25) is 0 Å². The molecule has 200 valence electrons. The number of fused-ring (bicyclic) bond motifs is 1. The van der Waals surface area contributed by atoms with Crippen LogP contribution in [0.1, 0.15) is 45.2 Å². The van der Waals surface area contributed by atoms with E-state index in [0.717, 1.165) is 28.6 Å². The Bertz CT molecular complexity index is 1510. The number of hydrogen-bond acceptors (Lipinski definition) is 5. The van der Waals surface area contributed by atoms with Crippen molar-refractivity contribution >= 4 is 33.3 Å². The maximum atomic E-state index is 14.4. The minimum atomic E-state index is -4.72. The largest absolute Gasteiger partial charge is 0.462 e. The molecule has 0 spiro atoms. The summed E-state index contributed by atoms with van der Waals surface area (Å²) in [7, 11) is -4.37. The van der Waals surface area contributed by atoms with Gasteiger partial charge in [0.2, 0.25) is 0 Å². The van der Waals surface area contributed by atoms with Crippen LogP contribution < -0.4 is 9.62 Å². The molecule has 1 heterocycles. The molecule has 0 unspecified atom stereocenters. The predicted octanol–water partition coefficient (Wildman–Crippen LogP) is 5.42. The molecule has 0 radical (unpaired) electrons. The monoisotopic (exact) mass is 550 g/mol. The summed E-state index contributed by atoms with van der Waals surface area (Å²) in [5, 5.41) is 2.49. The van der Waals surface area contributed by atoms with E-state index >= 15 is 0 Å². The van der Waals surface area contributed by atoms with Gasteiger partial charge in [0, 0.05) is 17.8 Å². The Morgan fingerprint density at radius 2 is 1.82 bits per heavy atom. The zero-order valence-electron chi connectivity index (χ0n) is 20.0. The van der Waals surface area contributed by atoms with Crippen molar-refractivity contribution < 1.29 is 40.3 Å². The Balaban J connectivity index is 1.62. The van der Waals surface area contributed by atoms with Gasteiger partial charge in [-0.25, -0.2) is 17.6 Å². The van der Waals surface area contributed by atoms with Crippen molar-refractivity contribution in [1.29, 1.82) is 0 Å². The van der Waals surface area contributed by atoms with Crippen molar-refractivity contribution in [2.75, 3.05) is 22.8 Å². The Kier molecular flexibility index (Phi) is 7.45. The van der Waals surface area contributed by atoms with E-state index in [1.165, 1.54) is 24.3 Å². The predicted molar refractivity (Wildman–Crippen MR) is 131 cm³/mol. The average molecular weight is 551 g/mol. The highest BCUT2D eigenvalue weighted by molar-refractivity contribution is 7.92. The van der Waals surface area contributed by atoms with Gasteiger partial charge >= 0.3 is 12.1 Å². The van der Waals surface area contributed by atoms with E-state index in [2.05, 4.69) is 5.32 Å². The molecule has 38 heavy (non-hydrogen) atoms. The van der Waals surface area contributed by atoms with E-state index in [-0.39, 0.29) is 35.7 Å². The minimum absolute atomic E-state index is 0.0111. The van der Waals surface area contributed by atoms with E-state index in [4.69, 9.17) is 4.74 Å². The smallest absolute Gasteiger partial charge is 0.416 e. The maximum absolute atomic E-state index is 14.4. The molecule has 1 aliphatic rings. The summed E-state index contributed by atoms with van der Waals surface area (Å²) in [6.07, 6.45) is -3.78. The van der Waals surface area contributed by atoms with Crippen molar-refractivity contribution in [1.82, 2.24) is 0 Å². The Hall–Kier alpha value is -3.93. The van der Waals surface area contributed by atoms with Gasteiger partial charge in [-0.3, -0.25) is 9.10 Å². The first-order valence-corrected chi connectivity index (χ1v) is 13.0. The summed E-state index contributed by atoms with van der Waals surface area (Å²) in [6.45, 7) is 1.65. The first-order valence-electron chi connectivity index (χ1n) is 11.5. The summed E-state index contributed by atoms with van der Waals surface area (Å²) >= 11 is 0. The van der Waals surface area contributed by atoms with Crippen molar-refractivity contribution in [3.05, 3.63) is 88.7 Å². The fourth-order valence-corrected chi connectivity index (χ4v) is 5.64. The van der Waals surface area contributed by atoms with E-state index in [0.29, 0.717) is 24.5 Å². The van der Waals surface area contributed by atoms with E-state index in [1.54, 1.807) is 13.0 Å². The van der Waals surface area contributed by atoms with Crippen molar-refractivity contribution in [3.8, 4) is 0 Å². The number of sulfonamides is 1. The molecule has 0 bridgehead atoms. The number of carbonyl (C=O) groups is 2. The standard InChI is InChI=1S/C26H22F4N2O5S/c1-2-37-25(34)21-11-10-19(15-22(21)27)31-24(33)17-9-8-16-5-4-12-32(23(16)13-17)38(35,36)20-7-3-6-18(14-20)26(28,29)30/h3,6-11,13-15H,2,4-5,12H2,1H3,(H,31,33). The SMILES string of the molecule is CCOC(=O)c1ccc(NC(=O)c2ccc3c(c2)N(S(=O)(=O)c2cccc(C(F)(F)F)c2)CCC3)cc1F. The zero-order chi connectivity index (χ0) is 27.7. The second-order valence-corrected chi connectivity index (χ2v) is 10.3. The highest BCUT2D eigenvalue weighted by Crippen LogP contribution is 2.35. The van der Waals surface area contributed by atoms with Crippen LogP contribution >= 0.6 is 0 Å². The highest BCUT2D eigenvalue weighted by Gasteiger charge is 2.34. The molecule has 0 aromatic heterocycles. The molecule has 3 aromatic carbocycles. The molecule has 12 heteroatoms. The van der Waals surface area contributed by atoms with E-state index < -0.39 is 44.4 Å². The number of esters is 1. The van der Waals surface area contributed by atoms with Crippen molar-refractivity contribution in [2.24, 2.45) is 0 Å². The third-order valence-electron chi connectivity index (χ3n) is 5.90. The quantitative estimate of drug-likeness (QED) is 0.327. The lowest BCUT2D eigenvalue weighted by Crippen LogP contribution is -2.36. The molecule has 3 aromatic rings. The Morgan fingerprint density at radius 3 is 2.50 bits per heavy atom. The van der Waals surface area contributed by atoms with Crippen molar-refractivity contribution in [3.63, 3.8) is 0 Å². The normalized spacial score (nSPS) is 13.6. The highest BCUT2D eigenvalue weighted by atomic mass is 32.2. The molecule has 4 rings (SSSR count). The van der Waals surface area contributed by atoms with Crippen molar-refractivity contribution in [2.45, 2.75) is 30.8 Å². The van der Waals surface area contributed by atoms with Gasteiger partial charge in [0.25, 0.3) is 15.9 Å². The summed E-state index contributed by atoms with van der Waals surface area (Å²) in [5.74, 6) is -2.43. The first kappa shape index (κ1) is 27.1. The molecule has 0 saturated carbocycles. The number of halogens is 4. The van der Waals surface area contributed by atoms with Crippen LogP contribution in [-0.4, -0.2) is 33.4 Å². The van der Waals surface area contributed by atoms with Gasteiger partial charge in [0.15, 0.2) is 0 Å². The van der Waals surface area contributed by atoms with Crippen LogP contribution in [0.3, 0.4) is 0 Å². The number of nitrogens with one attached hydrogen (secondary N) is 1. The number of carbonyl (C=O) groups excluding carboxylic acids is 2. The molecule has 7 nitrogen and oxygen atoms in total. The summed E-state index contributed by atoms with van der Waals surface area (Å²) in [5.41, 5.74) is -0.519. The van der Waals surface area contributed by atoms with E-state index in [9.17, 15) is 35.6 Å². The fraction of sp³-hybridized carbons (Fsp3) is 0.231. The number of anilines is 2. The Morgan fingerprint density at radius 1 is 1.05 bits per heavy atom. The summed E-state index contributed by atoms with van der Waals surface area (Å²) < 4.78 is 86.4. The third-order valence-corrected chi connectivity index (χ3v) is 7.70. The van der Waals surface area contributed by atoms with Gasteiger partial charge in [-0.15, -0.1) is 0 Å². The number of aryl methyl sites for hydroxylation is 1. The van der Waals surface area contributed by atoms with Gasteiger partial charge in [0.1, 0.15) is 5.82 Å². The lowest BCUT2D eigenvalue weighted by Gasteiger charge is -2.31. The second kappa shape index (κ2) is 10.4. The van der Waals surface area contributed by atoms with Gasteiger partial charge in [-0.2, -0.15) is 13.2 Å². The number of ether oxygens (including phenoxy) is 1. The minimum Gasteiger partial charge on any atom is -0.462 e.